The molecule has 1 unspecified atom stereocenters. The van der Waals surface area contributed by atoms with Crippen molar-refractivity contribution in [1.82, 2.24) is 5.32 Å². The average molecular weight is 254 g/mol. The maximum Gasteiger partial charge on any atom is 0.123 e. The lowest BCUT2D eigenvalue weighted by atomic mass is 10.0. The summed E-state index contributed by atoms with van der Waals surface area (Å²) in [6.07, 6.45) is 0. The number of nitrogens with one attached hydrogen (secondary N) is 1. The van der Waals surface area contributed by atoms with E-state index in [2.05, 4.69) is 11.4 Å². The van der Waals surface area contributed by atoms with E-state index in [9.17, 15) is 9.65 Å². The molecular weight excluding hydrogens is 239 g/mol. The van der Waals surface area contributed by atoms with E-state index in [0.717, 1.165) is 16.7 Å². The number of rotatable bonds is 4. The van der Waals surface area contributed by atoms with Crippen LogP contribution in [0.15, 0.2) is 48.5 Å². The van der Waals surface area contributed by atoms with Crippen LogP contribution in [-0.4, -0.2) is 0 Å². The van der Waals surface area contributed by atoms with Crippen LogP contribution >= 0.6 is 0 Å². The number of benzene rings is 2. The number of hydrogen-bond acceptors (Lipinski definition) is 2. The molecule has 1 atom stereocenters. The molecule has 0 bridgehead atoms. The molecular formula is C16H15FN2. The van der Waals surface area contributed by atoms with Crippen molar-refractivity contribution in [2.75, 3.05) is 0 Å². The maximum absolute atomic E-state index is 13.1. The van der Waals surface area contributed by atoms with E-state index in [0.29, 0.717) is 6.54 Å². The van der Waals surface area contributed by atoms with Crippen molar-refractivity contribution in [1.29, 1.82) is 5.26 Å². The molecule has 0 saturated heterocycles. The van der Waals surface area contributed by atoms with Crippen LogP contribution in [0.4, 0.5) is 4.39 Å². The zero-order chi connectivity index (χ0) is 13.7. The van der Waals surface area contributed by atoms with Gasteiger partial charge in [-0.05, 0) is 35.7 Å². The lowest BCUT2D eigenvalue weighted by Crippen LogP contribution is -2.20. The fourth-order valence-corrected chi connectivity index (χ4v) is 2.00. The van der Waals surface area contributed by atoms with Crippen LogP contribution < -0.4 is 5.32 Å². The summed E-state index contributed by atoms with van der Waals surface area (Å²) in [7, 11) is 0. The second kappa shape index (κ2) is 6.12. The van der Waals surface area contributed by atoms with Gasteiger partial charge in [-0.1, -0.05) is 36.4 Å². The molecule has 2 rings (SSSR count). The SMILES string of the molecule is Cc1cc(F)ccc1C(C#N)NCc1ccccc1. The summed E-state index contributed by atoms with van der Waals surface area (Å²) in [5.74, 6) is -0.277. The summed E-state index contributed by atoms with van der Waals surface area (Å²) in [6.45, 7) is 2.42. The van der Waals surface area contributed by atoms with Crippen molar-refractivity contribution >= 4 is 0 Å². The topological polar surface area (TPSA) is 35.8 Å². The Morgan fingerprint density at radius 3 is 2.58 bits per heavy atom. The molecule has 2 aromatic carbocycles. The van der Waals surface area contributed by atoms with Gasteiger partial charge in [0, 0.05) is 6.54 Å². The van der Waals surface area contributed by atoms with Crippen LogP contribution in [0, 0.1) is 24.1 Å². The van der Waals surface area contributed by atoms with Crippen molar-refractivity contribution in [2.45, 2.75) is 19.5 Å². The zero-order valence-electron chi connectivity index (χ0n) is 10.7. The van der Waals surface area contributed by atoms with E-state index in [1.807, 2.05) is 37.3 Å². The summed E-state index contributed by atoms with van der Waals surface area (Å²) in [5, 5.41) is 12.4. The van der Waals surface area contributed by atoms with Crippen molar-refractivity contribution in [3.05, 3.63) is 71.0 Å². The highest BCUT2D eigenvalue weighted by Crippen LogP contribution is 2.18. The molecule has 0 aliphatic heterocycles. The number of halogens is 1. The van der Waals surface area contributed by atoms with Gasteiger partial charge in [0.1, 0.15) is 11.9 Å². The van der Waals surface area contributed by atoms with Crippen LogP contribution in [0.2, 0.25) is 0 Å². The third kappa shape index (κ3) is 3.40. The fourth-order valence-electron chi connectivity index (χ4n) is 2.00. The van der Waals surface area contributed by atoms with Crippen molar-refractivity contribution in [3.63, 3.8) is 0 Å². The average Bonchev–Trinajstić information content (AvgIpc) is 2.42. The highest BCUT2D eigenvalue weighted by molar-refractivity contribution is 5.33. The zero-order valence-corrected chi connectivity index (χ0v) is 10.7. The minimum absolute atomic E-state index is 0.277. The lowest BCUT2D eigenvalue weighted by molar-refractivity contribution is 0.610. The van der Waals surface area contributed by atoms with Gasteiger partial charge in [0.25, 0.3) is 0 Å². The molecule has 0 fully saturated rings. The molecule has 1 N–H and O–H groups in total. The van der Waals surface area contributed by atoms with Crippen molar-refractivity contribution < 1.29 is 4.39 Å². The normalized spacial score (nSPS) is 11.8. The highest BCUT2D eigenvalue weighted by atomic mass is 19.1. The fraction of sp³-hybridized carbons (Fsp3) is 0.188. The molecule has 2 aromatic rings. The largest absolute Gasteiger partial charge is 0.294 e. The predicted octanol–water partition coefficient (Wildman–Crippen LogP) is 3.49. The first-order chi connectivity index (χ1) is 9.20. The third-order valence-electron chi connectivity index (χ3n) is 3.03. The molecule has 0 aliphatic rings. The van der Waals surface area contributed by atoms with Gasteiger partial charge in [-0.3, -0.25) is 5.32 Å². The molecule has 19 heavy (non-hydrogen) atoms. The van der Waals surface area contributed by atoms with Gasteiger partial charge in [0.15, 0.2) is 0 Å². The first kappa shape index (κ1) is 13.3. The number of hydrogen-bond donors (Lipinski definition) is 1. The summed E-state index contributed by atoms with van der Waals surface area (Å²) in [6, 6.07) is 16.2. The van der Waals surface area contributed by atoms with Gasteiger partial charge in [-0.2, -0.15) is 5.26 Å². The monoisotopic (exact) mass is 254 g/mol. The van der Waals surface area contributed by atoms with Gasteiger partial charge in [0.05, 0.1) is 6.07 Å². The van der Waals surface area contributed by atoms with Gasteiger partial charge in [-0.25, -0.2) is 4.39 Å². The van der Waals surface area contributed by atoms with Crippen molar-refractivity contribution in [2.24, 2.45) is 0 Å². The summed E-state index contributed by atoms with van der Waals surface area (Å²) in [5.41, 5.74) is 2.72. The molecule has 0 aromatic heterocycles. The highest BCUT2D eigenvalue weighted by Gasteiger charge is 2.12. The van der Waals surface area contributed by atoms with E-state index in [-0.39, 0.29) is 5.82 Å². The van der Waals surface area contributed by atoms with Crippen molar-refractivity contribution in [3.8, 4) is 6.07 Å². The summed E-state index contributed by atoms with van der Waals surface area (Å²) in [4.78, 5) is 0. The molecule has 0 spiro atoms. The van der Waals surface area contributed by atoms with Crippen LogP contribution in [0.3, 0.4) is 0 Å². The Morgan fingerprint density at radius 1 is 1.21 bits per heavy atom. The Morgan fingerprint density at radius 2 is 1.95 bits per heavy atom. The molecule has 0 radical (unpaired) electrons. The lowest BCUT2D eigenvalue weighted by Gasteiger charge is -2.14. The maximum atomic E-state index is 13.1. The smallest absolute Gasteiger partial charge is 0.123 e. The number of nitriles is 1. The second-order valence-corrected chi connectivity index (χ2v) is 4.43. The molecule has 0 saturated carbocycles. The van der Waals surface area contributed by atoms with E-state index >= 15 is 0 Å². The first-order valence-electron chi connectivity index (χ1n) is 6.13. The van der Waals surface area contributed by atoms with Crippen LogP contribution in [0.25, 0.3) is 0 Å². The van der Waals surface area contributed by atoms with E-state index in [1.165, 1.54) is 12.1 Å². The van der Waals surface area contributed by atoms with E-state index in [4.69, 9.17) is 0 Å². The van der Waals surface area contributed by atoms with Gasteiger partial charge in [0.2, 0.25) is 0 Å². The molecule has 96 valence electrons. The standard InChI is InChI=1S/C16H15FN2/c1-12-9-14(17)7-8-15(12)16(10-18)19-11-13-5-3-2-4-6-13/h2-9,16,19H,11H2,1H3. The molecule has 3 heteroatoms. The minimum atomic E-state index is -0.430. The Labute approximate surface area is 112 Å². The Balaban J connectivity index is 2.11. The molecule has 0 heterocycles. The van der Waals surface area contributed by atoms with Gasteiger partial charge in [-0.15, -0.1) is 0 Å². The third-order valence-corrected chi connectivity index (χ3v) is 3.03. The second-order valence-electron chi connectivity index (χ2n) is 4.43. The quantitative estimate of drug-likeness (QED) is 0.906. The molecule has 2 nitrogen and oxygen atoms in total. The van der Waals surface area contributed by atoms with E-state index in [1.54, 1.807) is 6.07 Å². The summed E-state index contributed by atoms with van der Waals surface area (Å²) < 4.78 is 13.1. The molecule has 0 amide bonds. The summed E-state index contributed by atoms with van der Waals surface area (Å²) >= 11 is 0. The number of nitrogens with zero attached hydrogens (tertiary/aromatic N) is 1. The predicted molar refractivity (Wildman–Crippen MR) is 72.8 cm³/mol. The Hall–Kier alpha value is -2.18. The van der Waals surface area contributed by atoms with Crippen LogP contribution in [0.5, 0.6) is 0 Å². The van der Waals surface area contributed by atoms with Gasteiger partial charge >= 0.3 is 0 Å². The number of aryl methyl sites for hydroxylation is 1. The minimum Gasteiger partial charge on any atom is -0.294 e. The Bertz CT molecular complexity index is 587. The Kier molecular flexibility index (Phi) is 4.27. The molecule has 0 aliphatic carbocycles. The van der Waals surface area contributed by atoms with Crippen LogP contribution in [-0.2, 0) is 6.54 Å². The van der Waals surface area contributed by atoms with Crippen LogP contribution in [0.1, 0.15) is 22.7 Å². The van der Waals surface area contributed by atoms with E-state index < -0.39 is 6.04 Å². The first-order valence-corrected chi connectivity index (χ1v) is 6.13. The van der Waals surface area contributed by atoms with Gasteiger partial charge < -0.3 is 0 Å².